The monoisotopic (exact) mass is 263 g/mol. The van der Waals surface area contributed by atoms with E-state index in [1.54, 1.807) is 18.9 Å². The second kappa shape index (κ2) is 4.50. The lowest BCUT2D eigenvalue weighted by molar-refractivity contribution is -0.117. The van der Waals surface area contributed by atoms with Gasteiger partial charge in [0.25, 0.3) is 0 Å². The molecule has 0 aromatic heterocycles. The van der Waals surface area contributed by atoms with Crippen molar-refractivity contribution in [2.24, 2.45) is 0 Å². The first-order chi connectivity index (χ1) is 8.76. The molecule has 1 amide bonds. The number of rotatable bonds is 2. The van der Waals surface area contributed by atoms with Crippen LogP contribution in [0.15, 0.2) is 12.1 Å². The molecular formula is C14H17NO2S. The van der Waals surface area contributed by atoms with Crippen molar-refractivity contribution in [3.63, 3.8) is 0 Å². The van der Waals surface area contributed by atoms with Crippen LogP contribution in [0.1, 0.15) is 29.2 Å². The van der Waals surface area contributed by atoms with Gasteiger partial charge in [0.15, 0.2) is 0 Å². The third-order valence-corrected chi connectivity index (χ3v) is 4.71. The largest absolute Gasteiger partial charge is 0.497 e. The second-order valence-corrected chi connectivity index (χ2v) is 5.73. The molecule has 0 N–H and O–H groups in total. The molecule has 18 heavy (non-hydrogen) atoms. The van der Waals surface area contributed by atoms with Gasteiger partial charge < -0.3 is 9.64 Å². The van der Waals surface area contributed by atoms with Crippen LogP contribution < -0.4 is 9.64 Å². The van der Waals surface area contributed by atoms with Crippen LogP contribution in [0.25, 0.3) is 0 Å². The highest BCUT2D eigenvalue weighted by molar-refractivity contribution is 7.99. The smallest absolute Gasteiger partial charge is 0.244 e. The predicted octanol–water partition coefficient (Wildman–Crippen LogP) is 2.78. The molecule has 0 saturated carbocycles. The van der Waals surface area contributed by atoms with E-state index in [-0.39, 0.29) is 11.2 Å². The number of carbonyl (C=O) groups is 1. The van der Waals surface area contributed by atoms with Gasteiger partial charge in [-0.1, -0.05) is 0 Å². The number of ether oxygens (including phenoxy) is 1. The van der Waals surface area contributed by atoms with Gasteiger partial charge in [-0.15, -0.1) is 11.8 Å². The number of aryl methyl sites for hydroxylation is 1. The number of amides is 1. The van der Waals surface area contributed by atoms with Crippen molar-refractivity contribution in [1.82, 2.24) is 0 Å². The molecule has 2 aliphatic rings. The summed E-state index contributed by atoms with van der Waals surface area (Å²) in [6.07, 6.45) is 5.28. The van der Waals surface area contributed by atoms with Crippen molar-refractivity contribution < 1.29 is 9.53 Å². The molecule has 0 fully saturated rings. The first-order valence-corrected chi connectivity index (χ1v) is 7.60. The van der Waals surface area contributed by atoms with Crippen LogP contribution >= 0.6 is 11.8 Å². The molecule has 0 spiro atoms. The van der Waals surface area contributed by atoms with Crippen molar-refractivity contribution >= 4 is 23.4 Å². The van der Waals surface area contributed by atoms with Crippen molar-refractivity contribution in [3.05, 3.63) is 23.3 Å². The highest BCUT2D eigenvalue weighted by Gasteiger charge is 2.39. The van der Waals surface area contributed by atoms with Crippen LogP contribution in [0.3, 0.4) is 0 Å². The predicted molar refractivity (Wildman–Crippen MR) is 74.5 cm³/mol. The molecule has 0 bridgehead atoms. The summed E-state index contributed by atoms with van der Waals surface area (Å²) in [6.45, 7) is 0.863. The average Bonchev–Trinajstić information content (AvgIpc) is 2.54. The lowest BCUT2D eigenvalue weighted by Crippen LogP contribution is -2.28. The van der Waals surface area contributed by atoms with E-state index < -0.39 is 0 Å². The topological polar surface area (TPSA) is 29.5 Å². The molecular weight excluding hydrogens is 246 g/mol. The Kier molecular flexibility index (Phi) is 2.98. The van der Waals surface area contributed by atoms with Crippen molar-refractivity contribution in [3.8, 4) is 5.75 Å². The minimum atomic E-state index is -0.0491. The number of hydrogen-bond acceptors (Lipinski definition) is 3. The summed E-state index contributed by atoms with van der Waals surface area (Å²) in [5, 5.41) is -0.0491. The van der Waals surface area contributed by atoms with E-state index in [4.69, 9.17) is 4.74 Å². The Labute approximate surface area is 111 Å². The Morgan fingerprint density at radius 3 is 2.94 bits per heavy atom. The zero-order valence-corrected chi connectivity index (χ0v) is 11.5. The maximum absolute atomic E-state index is 12.4. The highest BCUT2D eigenvalue weighted by atomic mass is 32.2. The molecule has 96 valence electrons. The molecule has 0 saturated heterocycles. The number of benzene rings is 1. The molecule has 1 atom stereocenters. The summed E-state index contributed by atoms with van der Waals surface area (Å²) in [7, 11) is 1.69. The minimum absolute atomic E-state index is 0.0491. The fourth-order valence-electron chi connectivity index (χ4n) is 2.95. The quantitative estimate of drug-likeness (QED) is 0.821. The van der Waals surface area contributed by atoms with E-state index in [1.807, 2.05) is 17.2 Å². The van der Waals surface area contributed by atoms with Crippen molar-refractivity contribution in [1.29, 1.82) is 0 Å². The Bertz CT molecular complexity index is 501. The average molecular weight is 263 g/mol. The van der Waals surface area contributed by atoms with Gasteiger partial charge in [0.05, 0.1) is 12.8 Å². The molecule has 1 aromatic rings. The van der Waals surface area contributed by atoms with E-state index in [2.05, 4.69) is 6.07 Å². The summed E-state index contributed by atoms with van der Waals surface area (Å²) >= 11 is 1.62. The zero-order valence-electron chi connectivity index (χ0n) is 10.7. The first-order valence-electron chi connectivity index (χ1n) is 6.31. The number of hydrogen-bond donors (Lipinski definition) is 0. The van der Waals surface area contributed by atoms with Gasteiger partial charge in [-0.05, 0) is 43.2 Å². The Morgan fingerprint density at radius 2 is 2.22 bits per heavy atom. The molecule has 3 nitrogen and oxygen atoms in total. The van der Waals surface area contributed by atoms with E-state index in [0.29, 0.717) is 0 Å². The van der Waals surface area contributed by atoms with Crippen LogP contribution in [0.2, 0.25) is 0 Å². The van der Waals surface area contributed by atoms with Gasteiger partial charge in [-0.2, -0.15) is 0 Å². The summed E-state index contributed by atoms with van der Waals surface area (Å²) in [5.74, 6) is 1.12. The lowest BCUT2D eigenvalue weighted by Gasteiger charge is -2.17. The molecule has 2 aliphatic heterocycles. The fourth-order valence-corrected chi connectivity index (χ4v) is 3.71. The minimum Gasteiger partial charge on any atom is -0.497 e. The van der Waals surface area contributed by atoms with Crippen LogP contribution in [-0.4, -0.2) is 25.8 Å². The Hall–Kier alpha value is -1.16. The van der Waals surface area contributed by atoms with Crippen LogP contribution in [0.4, 0.5) is 5.69 Å². The third-order valence-electron chi connectivity index (χ3n) is 3.78. The van der Waals surface area contributed by atoms with E-state index in [0.717, 1.165) is 42.8 Å². The van der Waals surface area contributed by atoms with Gasteiger partial charge in [0.1, 0.15) is 11.0 Å². The standard InChI is InChI=1S/C14H17NO2S/c1-17-10-7-9-5-3-4-6-15-12(9)11(8-10)13(18-2)14(15)16/h7-8,13H,3-6H2,1-2H3. The van der Waals surface area contributed by atoms with Gasteiger partial charge in [-0.25, -0.2) is 0 Å². The summed E-state index contributed by atoms with van der Waals surface area (Å²) < 4.78 is 5.37. The first kappa shape index (κ1) is 11.9. The number of thioether (sulfide) groups is 1. The SMILES string of the molecule is COc1cc2c3c(c1)C(SC)C(=O)N3CCCC2. The molecule has 4 heteroatoms. The number of carbonyl (C=O) groups excluding carboxylic acids is 1. The molecule has 2 heterocycles. The molecule has 0 radical (unpaired) electrons. The van der Waals surface area contributed by atoms with Crippen LogP contribution in [0.5, 0.6) is 5.75 Å². The molecule has 3 rings (SSSR count). The van der Waals surface area contributed by atoms with E-state index >= 15 is 0 Å². The summed E-state index contributed by atoms with van der Waals surface area (Å²) in [4.78, 5) is 14.4. The number of methoxy groups -OCH3 is 1. The molecule has 1 aromatic carbocycles. The summed E-state index contributed by atoms with van der Waals surface area (Å²) in [6, 6.07) is 4.12. The molecule has 0 aliphatic carbocycles. The van der Waals surface area contributed by atoms with Crippen molar-refractivity contribution in [2.45, 2.75) is 24.5 Å². The maximum Gasteiger partial charge on any atom is 0.244 e. The maximum atomic E-state index is 12.4. The van der Waals surface area contributed by atoms with E-state index in [9.17, 15) is 4.79 Å². The zero-order chi connectivity index (χ0) is 12.7. The van der Waals surface area contributed by atoms with Gasteiger partial charge in [0.2, 0.25) is 5.91 Å². The lowest BCUT2D eigenvalue weighted by atomic mass is 10.0. The Balaban J connectivity index is 2.20. The Morgan fingerprint density at radius 1 is 1.39 bits per heavy atom. The summed E-state index contributed by atoms with van der Waals surface area (Å²) in [5.41, 5.74) is 3.58. The normalized spacial score (nSPS) is 21.8. The van der Waals surface area contributed by atoms with Crippen LogP contribution in [0, 0.1) is 0 Å². The fraction of sp³-hybridized carbons (Fsp3) is 0.500. The van der Waals surface area contributed by atoms with Gasteiger partial charge in [-0.3, -0.25) is 4.79 Å². The second-order valence-electron chi connectivity index (χ2n) is 4.79. The van der Waals surface area contributed by atoms with Gasteiger partial charge >= 0.3 is 0 Å². The third kappa shape index (κ3) is 1.62. The van der Waals surface area contributed by atoms with Crippen LogP contribution in [-0.2, 0) is 11.2 Å². The van der Waals surface area contributed by atoms with E-state index in [1.165, 1.54) is 5.56 Å². The van der Waals surface area contributed by atoms with Gasteiger partial charge in [0, 0.05) is 12.1 Å². The number of anilines is 1. The van der Waals surface area contributed by atoms with Crippen molar-refractivity contribution in [2.75, 3.05) is 24.8 Å². The number of nitrogens with zero attached hydrogens (tertiary/aromatic N) is 1. The molecule has 1 unspecified atom stereocenters. The highest BCUT2D eigenvalue weighted by Crippen LogP contribution is 2.47.